The van der Waals surface area contributed by atoms with E-state index in [1.165, 1.54) is 37.7 Å². The Morgan fingerprint density at radius 3 is 2.73 bits per heavy atom. The molecule has 4 rings (SSSR count). The SMILES string of the molecule is COCCN1C[C@@H](CNc2nncc(-c3ccc(C4CCCCC4)cc3)n2)CC1=O. The van der Waals surface area contributed by atoms with Gasteiger partial charge in [0.1, 0.15) is 0 Å². The third kappa shape index (κ3) is 5.14. The predicted molar refractivity (Wildman–Crippen MR) is 116 cm³/mol. The molecular weight excluding hydrogens is 378 g/mol. The molecule has 1 N–H and O–H groups in total. The number of aromatic nitrogens is 3. The molecule has 1 saturated carbocycles. The molecule has 1 aliphatic heterocycles. The van der Waals surface area contributed by atoms with Crippen molar-refractivity contribution in [3.63, 3.8) is 0 Å². The Balaban J connectivity index is 1.34. The average molecular weight is 410 g/mol. The van der Waals surface area contributed by atoms with Crippen LogP contribution in [0.1, 0.15) is 50.0 Å². The first-order valence-corrected chi connectivity index (χ1v) is 11.0. The van der Waals surface area contributed by atoms with Crippen LogP contribution < -0.4 is 5.32 Å². The maximum absolute atomic E-state index is 12.1. The van der Waals surface area contributed by atoms with Crippen LogP contribution in [0.15, 0.2) is 30.5 Å². The summed E-state index contributed by atoms with van der Waals surface area (Å²) in [5.41, 5.74) is 3.30. The fourth-order valence-corrected chi connectivity index (χ4v) is 4.52. The minimum Gasteiger partial charge on any atom is -0.383 e. The quantitative estimate of drug-likeness (QED) is 0.719. The summed E-state index contributed by atoms with van der Waals surface area (Å²) >= 11 is 0. The van der Waals surface area contributed by atoms with Gasteiger partial charge in [0.15, 0.2) is 0 Å². The molecule has 1 aliphatic carbocycles. The van der Waals surface area contributed by atoms with E-state index in [4.69, 9.17) is 4.74 Å². The molecule has 1 amide bonds. The highest BCUT2D eigenvalue weighted by molar-refractivity contribution is 5.78. The number of amides is 1. The fourth-order valence-electron chi connectivity index (χ4n) is 4.52. The molecule has 2 aliphatic rings. The largest absolute Gasteiger partial charge is 0.383 e. The van der Waals surface area contributed by atoms with Crippen LogP contribution in [0.5, 0.6) is 0 Å². The Morgan fingerprint density at radius 2 is 1.97 bits per heavy atom. The molecule has 0 radical (unpaired) electrons. The van der Waals surface area contributed by atoms with Gasteiger partial charge in [-0.3, -0.25) is 4.79 Å². The summed E-state index contributed by atoms with van der Waals surface area (Å²) in [6, 6.07) is 8.75. The summed E-state index contributed by atoms with van der Waals surface area (Å²) in [4.78, 5) is 18.6. The summed E-state index contributed by atoms with van der Waals surface area (Å²) < 4.78 is 5.08. The lowest BCUT2D eigenvalue weighted by Crippen LogP contribution is -2.29. The predicted octanol–water partition coefficient (Wildman–Crippen LogP) is 3.49. The third-order valence-electron chi connectivity index (χ3n) is 6.25. The zero-order valence-electron chi connectivity index (χ0n) is 17.7. The van der Waals surface area contributed by atoms with Gasteiger partial charge in [0.05, 0.1) is 18.5 Å². The van der Waals surface area contributed by atoms with Gasteiger partial charge in [0, 0.05) is 44.6 Å². The van der Waals surface area contributed by atoms with Gasteiger partial charge in [-0.25, -0.2) is 4.98 Å². The van der Waals surface area contributed by atoms with Crippen molar-refractivity contribution in [2.24, 2.45) is 5.92 Å². The zero-order valence-corrected chi connectivity index (χ0v) is 17.7. The Hall–Kier alpha value is -2.54. The molecule has 2 aromatic rings. The monoisotopic (exact) mass is 409 g/mol. The molecule has 0 unspecified atom stereocenters. The number of ether oxygens (including phenoxy) is 1. The third-order valence-corrected chi connectivity index (χ3v) is 6.25. The molecule has 2 fully saturated rings. The van der Waals surface area contributed by atoms with Crippen LogP contribution in [-0.2, 0) is 9.53 Å². The Morgan fingerprint density at radius 1 is 1.17 bits per heavy atom. The lowest BCUT2D eigenvalue weighted by molar-refractivity contribution is -0.128. The second kappa shape index (κ2) is 9.98. The Bertz CT molecular complexity index is 836. The van der Waals surface area contributed by atoms with Crippen molar-refractivity contribution >= 4 is 11.9 Å². The van der Waals surface area contributed by atoms with Crippen LogP contribution in [-0.4, -0.2) is 59.3 Å². The highest BCUT2D eigenvalue weighted by atomic mass is 16.5. The molecule has 2 heterocycles. The summed E-state index contributed by atoms with van der Waals surface area (Å²) in [5.74, 6) is 1.64. The van der Waals surface area contributed by atoms with Gasteiger partial charge >= 0.3 is 0 Å². The lowest BCUT2D eigenvalue weighted by atomic mass is 9.84. The van der Waals surface area contributed by atoms with Crippen LogP contribution in [0, 0.1) is 5.92 Å². The molecule has 7 nitrogen and oxygen atoms in total. The number of carbonyl (C=O) groups excluding carboxylic acids is 1. The van der Waals surface area contributed by atoms with Crippen molar-refractivity contribution in [2.75, 3.05) is 38.7 Å². The number of benzene rings is 1. The first-order chi connectivity index (χ1) is 14.7. The van der Waals surface area contributed by atoms with E-state index in [1.807, 2.05) is 4.90 Å². The average Bonchev–Trinajstić information content (AvgIpc) is 3.16. The van der Waals surface area contributed by atoms with Crippen LogP contribution in [0.25, 0.3) is 11.3 Å². The molecule has 1 aromatic heterocycles. The van der Waals surface area contributed by atoms with E-state index in [-0.39, 0.29) is 11.8 Å². The van der Waals surface area contributed by atoms with Gasteiger partial charge in [-0.1, -0.05) is 43.5 Å². The van der Waals surface area contributed by atoms with Gasteiger partial charge in [0.25, 0.3) is 0 Å². The number of rotatable bonds is 8. The standard InChI is InChI=1S/C23H31N5O2/c1-30-12-11-28-16-17(13-22(28)29)14-24-23-26-21(15-25-27-23)20-9-7-19(8-10-20)18-5-3-2-4-6-18/h7-10,15,17-18H,2-6,11-14,16H2,1H3,(H,24,26,27)/t17-/m1/s1. The fraction of sp³-hybridized carbons (Fsp3) is 0.565. The number of methoxy groups -OCH3 is 1. The van der Waals surface area contributed by atoms with Gasteiger partial charge < -0.3 is 15.0 Å². The summed E-state index contributed by atoms with van der Waals surface area (Å²) in [5, 5.41) is 11.5. The molecule has 0 bridgehead atoms. The summed E-state index contributed by atoms with van der Waals surface area (Å²) in [6.07, 6.45) is 8.90. The van der Waals surface area contributed by atoms with E-state index in [0.29, 0.717) is 38.0 Å². The van der Waals surface area contributed by atoms with E-state index in [1.54, 1.807) is 13.3 Å². The number of likely N-dealkylation sites (tertiary alicyclic amines) is 1. The molecule has 7 heteroatoms. The highest BCUT2D eigenvalue weighted by Gasteiger charge is 2.29. The highest BCUT2D eigenvalue weighted by Crippen LogP contribution is 2.33. The second-order valence-electron chi connectivity index (χ2n) is 8.41. The summed E-state index contributed by atoms with van der Waals surface area (Å²) in [7, 11) is 1.65. The van der Waals surface area contributed by atoms with Gasteiger partial charge in [-0.2, -0.15) is 5.10 Å². The summed E-state index contributed by atoms with van der Waals surface area (Å²) in [6.45, 7) is 2.61. The van der Waals surface area contributed by atoms with Crippen molar-refractivity contribution < 1.29 is 9.53 Å². The second-order valence-corrected chi connectivity index (χ2v) is 8.41. The van der Waals surface area contributed by atoms with E-state index in [9.17, 15) is 4.79 Å². The molecule has 1 atom stereocenters. The first kappa shape index (κ1) is 20.7. The van der Waals surface area contributed by atoms with Crippen LogP contribution in [0.3, 0.4) is 0 Å². The van der Waals surface area contributed by atoms with E-state index in [0.717, 1.165) is 17.8 Å². The Labute approximate surface area is 178 Å². The van der Waals surface area contributed by atoms with Crippen molar-refractivity contribution in [2.45, 2.75) is 44.4 Å². The zero-order chi connectivity index (χ0) is 20.8. The molecular formula is C23H31N5O2. The Kier molecular flexibility index (Phi) is 6.89. The van der Waals surface area contributed by atoms with Crippen molar-refractivity contribution in [1.29, 1.82) is 0 Å². The molecule has 160 valence electrons. The number of hydrogen-bond acceptors (Lipinski definition) is 6. The minimum absolute atomic E-state index is 0.185. The van der Waals surface area contributed by atoms with E-state index < -0.39 is 0 Å². The number of hydrogen-bond donors (Lipinski definition) is 1. The van der Waals surface area contributed by atoms with E-state index in [2.05, 4.69) is 44.8 Å². The molecule has 1 saturated heterocycles. The number of anilines is 1. The normalized spacial score (nSPS) is 20.0. The number of carbonyl (C=O) groups is 1. The molecule has 30 heavy (non-hydrogen) atoms. The maximum Gasteiger partial charge on any atom is 0.243 e. The molecule has 0 spiro atoms. The lowest BCUT2D eigenvalue weighted by Gasteiger charge is -2.22. The number of nitrogens with zero attached hydrogens (tertiary/aromatic N) is 4. The van der Waals surface area contributed by atoms with Crippen LogP contribution >= 0.6 is 0 Å². The molecule has 1 aromatic carbocycles. The van der Waals surface area contributed by atoms with Crippen LogP contribution in [0.2, 0.25) is 0 Å². The van der Waals surface area contributed by atoms with Crippen LogP contribution in [0.4, 0.5) is 5.95 Å². The van der Waals surface area contributed by atoms with Crippen molar-refractivity contribution in [3.05, 3.63) is 36.0 Å². The first-order valence-electron chi connectivity index (χ1n) is 11.0. The van der Waals surface area contributed by atoms with Gasteiger partial charge in [0.2, 0.25) is 11.9 Å². The smallest absolute Gasteiger partial charge is 0.243 e. The van der Waals surface area contributed by atoms with Crippen molar-refractivity contribution in [1.82, 2.24) is 20.1 Å². The number of nitrogens with one attached hydrogen (secondary N) is 1. The minimum atomic E-state index is 0.185. The topological polar surface area (TPSA) is 80.2 Å². The van der Waals surface area contributed by atoms with E-state index >= 15 is 0 Å². The van der Waals surface area contributed by atoms with Crippen molar-refractivity contribution in [3.8, 4) is 11.3 Å². The maximum atomic E-state index is 12.1. The van der Waals surface area contributed by atoms with Gasteiger partial charge in [-0.05, 0) is 24.3 Å². The van der Waals surface area contributed by atoms with Gasteiger partial charge in [-0.15, -0.1) is 5.10 Å².